The summed E-state index contributed by atoms with van der Waals surface area (Å²) in [6, 6.07) is 6.69. The summed E-state index contributed by atoms with van der Waals surface area (Å²) in [7, 11) is -1.07. The fourth-order valence-corrected chi connectivity index (χ4v) is 2.34. The lowest BCUT2D eigenvalue weighted by atomic mass is 9.89. The van der Waals surface area contributed by atoms with Crippen LogP contribution in [0.15, 0.2) is 29.2 Å². The molecule has 21 heavy (non-hydrogen) atoms. The monoisotopic (exact) mass is 312 g/mol. The summed E-state index contributed by atoms with van der Waals surface area (Å²) in [4.78, 5) is 12.4. The molecule has 5 nitrogen and oxygen atoms in total. The van der Waals surface area contributed by atoms with E-state index in [0.717, 1.165) is 12.8 Å². The Kier molecular flexibility index (Phi) is 6.84. The third kappa shape index (κ3) is 6.73. The van der Waals surface area contributed by atoms with Gasteiger partial charge in [-0.15, -0.1) is 0 Å². The number of anilines is 1. The lowest BCUT2D eigenvalue weighted by Gasteiger charge is -2.21. The first-order valence-corrected chi connectivity index (χ1v) is 8.49. The van der Waals surface area contributed by atoms with Crippen LogP contribution >= 0.6 is 0 Å². The molecule has 3 N–H and O–H groups in total. The van der Waals surface area contributed by atoms with Crippen LogP contribution in [0.3, 0.4) is 0 Å². The third-order valence-corrected chi connectivity index (χ3v) is 4.09. The Morgan fingerprint density at radius 3 is 2.71 bits per heavy atom. The first-order valence-electron chi connectivity index (χ1n) is 6.93. The quantitative estimate of drug-likeness (QED) is 0.676. The van der Waals surface area contributed by atoms with Crippen molar-refractivity contribution in [1.29, 1.82) is 0 Å². The zero-order valence-corrected chi connectivity index (χ0v) is 13.6. The number of carbonyl (C=O) groups excluding carboxylic acids is 1. The predicted molar refractivity (Wildman–Crippen MR) is 85.9 cm³/mol. The van der Waals surface area contributed by atoms with E-state index in [1.54, 1.807) is 30.5 Å². The smallest absolute Gasteiger partial charge is 0.319 e. The molecule has 0 fully saturated rings. The van der Waals surface area contributed by atoms with Gasteiger partial charge in [-0.05, 0) is 36.5 Å². The number of amides is 2. The molecule has 1 unspecified atom stereocenters. The van der Waals surface area contributed by atoms with Gasteiger partial charge in [-0.1, -0.05) is 19.9 Å². The number of rotatable bonds is 7. The molecule has 0 aliphatic carbocycles. The Morgan fingerprint density at radius 2 is 2.10 bits per heavy atom. The van der Waals surface area contributed by atoms with Crippen LogP contribution in [0.25, 0.3) is 0 Å². The largest absolute Gasteiger partial charge is 0.396 e. The zero-order chi connectivity index (χ0) is 15.9. The average Bonchev–Trinajstić information content (AvgIpc) is 2.44. The molecule has 0 spiro atoms. The maximum absolute atomic E-state index is 11.7. The van der Waals surface area contributed by atoms with Crippen molar-refractivity contribution in [3.63, 3.8) is 0 Å². The molecule has 1 atom stereocenters. The van der Waals surface area contributed by atoms with E-state index in [1.807, 2.05) is 13.8 Å². The van der Waals surface area contributed by atoms with Crippen LogP contribution in [0.2, 0.25) is 0 Å². The second-order valence-corrected chi connectivity index (χ2v) is 7.17. The molecule has 1 rings (SSSR count). The number of carbonyl (C=O) groups is 1. The molecule has 0 aliphatic rings. The second kappa shape index (κ2) is 8.14. The normalized spacial score (nSPS) is 12.8. The highest BCUT2D eigenvalue weighted by atomic mass is 32.2. The summed E-state index contributed by atoms with van der Waals surface area (Å²) in [6.07, 6.45) is 3.25. The molecule has 1 aromatic rings. The van der Waals surface area contributed by atoms with E-state index in [1.165, 1.54) is 0 Å². The van der Waals surface area contributed by atoms with Crippen LogP contribution in [0.5, 0.6) is 0 Å². The Hall–Kier alpha value is -1.40. The van der Waals surface area contributed by atoms with E-state index in [2.05, 4.69) is 10.6 Å². The summed E-state index contributed by atoms with van der Waals surface area (Å²) in [5, 5.41) is 14.6. The molecular formula is C15H24N2O3S. The fourth-order valence-electron chi connectivity index (χ4n) is 1.78. The van der Waals surface area contributed by atoms with Gasteiger partial charge in [0.1, 0.15) is 0 Å². The molecule has 0 aromatic heterocycles. The Morgan fingerprint density at radius 1 is 1.38 bits per heavy atom. The molecule has 0 saturated heterocycles. The van der Waals surface area contributed by atoms with E-state index in [9.17, 15) is 9.00 Å². The molecule has 0 aliphatic heterocycles. The molecule has 0 radical (unpaired) electrons. The molecule has 6 heteroatoms. The van der Waals surface area contributed by atoms with Crippen molar-refractivity contribution in [3.8, 4) is 0 Å². The van der Waals surface area contributed by atoms with Crippen molar-refractivity contribution in [2.75, 3.05) is 24.7 Å². The number of benzene rings is 1. The highest BCUT2D eigenvalue weighted by Gasteiger charge is 2.15. The SMILES string of the molecule is CS(=O)c1cccc(NC(=O)NCCCC(C)(C)CO)c1. The van der Waals surface area contributed by atoms with Gasteiger partial charge in [-0.3, -0.25) is 4.21 Å². The van der Waals surface area contributed by atoms with E-state index in [-0.39, 0.29) is 18.1 Å². The Balaban J connectivity index is 2.37. The Labute approximate surface area is 128 Å². The molecule has 1 aromatic carbocycles. The van der Waals surface area contributed by atoms with Gasteiger partial charge in [0.25, 0.3) is 0 Å². The van der Waals surface area contributed by atoms with Gasteiger partial charge in [-0.2, -0.15) is 0 Å². The molecular weight excluding hydrogens is 288 g/mol. The van der Waals surface area contributed by atoms with Crippen molar-refractivity contribution >= 4 is 22.5 Å². The van der Waals surface area contributed by atoms with Gasteiger partial charge in [0.05, 0.1) is 0 Å². The first kappa shape index (κ1) is 17.7. The van der Waals surface area contributed by atoms with Gasteiger partial charge in [0.2, 0.25) is 0 Å². The lowest BCUT2D eigenvalue weighted by Crippen LogP contribution is -2.30. The summed E-state index contributed by atoms with van der Waals surface area (Å²) in [5.41, 5.74) is 0.508. The molecule has 118 valence electrons. The average molecular weight is 312 g/mol. The minimum absolute atomic E-state index is 0.113. The summed E-state index contributed by atoms with van der Waals surface area (Å²) < 4.78 is 11.4. The van der Waals surface area contributed by atoms with Crippen LogP contribution < -0.4 is 10.6 Å². The van der Waals surface area contributed by atoms with E-state index < -0.39 is 10.8 Å². The van der Waals surface area contributed by atoms with Crippen molar-refractivity contribution < 1.29 is 14.1 Å². The molecule has 0 saturated carbocycles. The molecule has 0 heterocycles. The highest BCUT2D eigenvalue weighted by Crippen LogP contribution is 2.20. The number of aliphatic hydroxyl groups is 1. The number of hydrogen-bond acceptors (Lipinski definition) is 3. The van der Waals surface area contributed by atoms with Crippen LogP contribution in [-0.2, 0) is 10.8 Å². The summed E-state index contributed by atoms with van der Waals surface area (Å²) >= 11 is 0. The number of urea groups is 1. The lowest BCUT2D eigenvalue weighted by molar-refractivity contribution is 0.148. The topological polar surface area (TPSA) is 78.4 Å². The standard InChI is InChI=1S/C15H24N2O3S/c1-15(2,11-18)8-5-9-16-14(19)17-12-6-4-7-13(10-12)21(3)20/h4,6-7,10,18H,5,8-9,11H2,1-3H3,(H2,16,17,19). The highest BCUT2D eigenvalue weighted by molar-refractivity contribution is 7.84. The second-order valence-electron chi connectivity index (χ2n) is 5.79. The van der Waals surface area contributed by atoms with E-state index >= 15 is 0 Å². The van der Waals surface area contributed by atoms with Crippen LogP contribution in [0, 0.1) is 5.41 Å². The third-order valence-electron chi connectivity index (χ3n) is 3.17. The maximum Gasteiger partial charge on any atom is 0.319 e. The zero-order valence-electron chi connectivity index (χ0n) is 12.8. The number of aliphatic hydroxyl groups excluding tert-OH is 1. The molecule has 0 bridgehead atoms. The van der Waals surface area contributed by atoms with Crippen molar-refractivity contribution in [3.05, 3.63) is 24.3 Å². The number of nitrogens with one attached hydrogen (secondary N) is 2. The van der Waals surface area contributed by atoms with Gasteiger partial charge in [-0.25, -0.2) is 4.79 Å². The van der Waals surface area contributed by atoms with Crippen molar-refractivity contribution in [1.82, 2.24) is 5.32 Å². The van der Waals surface area contributed by atoms with Crippen molar-refractivity contribution in [2.45, 2.75) is 31.6 Å². The van der Waals surface area contributed by atoms with Crippen molar-refractivity contribution in [2.24, 2.45) is 5.41 Å². The minimum Gasteiger partial charge on any atom is -0.396 e. The summed E-state index contributed by atoms with van der Waals surface area (Å²) in [6.45, 7) is 4.67. The summed E-state index contributed by atoms with van der Waals surface area (Å²) in [5.74, 6) is 0. The van der Waals surface area contributed by atoms with Gasteiger partial charge in [0, 0.05) is 40.8 Å². The van der Waals surface area contributed by atoms with Crippen LogP contribution in [-0.4, -0.2) is 34.8 Å². The van der Waals surface area contributed by atoms with E-state index in [4.69, 9.17) is 5.11 Å². The fraction of sp³-hybridized carbons (Fsp3) is 0.533. The minimum atomic E-state index is -1.07. The number of hydrogen-bond donors (Lipinski definition) is 3. The van der Waals surface area contributed by atoms with Crippen LogP contribution in [0.1, 0.15) is 26.7 Å². The molecule has 2 amide bonds. The van der Waals surface area contributed by atoms with Crippen LogP contribution in [0.4, 0.5) is 10.5 Å². The predicted octanol–water partition coefficient (Wildman–Crippen LogP) is 2.34. The Bertz CT molecular complexity index is 503. The first-order chi connectivity index (χ1) is 9.84. The maximum atomic E-state index is 11.7. The van der Waals surface area contributed by atoms with Gasteiger partial charge < -0.3 is 15.7 Å². The van der Waals surface area contributed by atoms with Gasteiger partial charge >= 0.3 is 6.03 Å². The van der Waals surface area contributed by atoms with Gasteiger partial charge in [0.15, 0.2) is 0 Å². The van der Waals surface area contributed by atoms with E-state index in [0.29, 0.717) is 17.1 Å².